The Labute approximate surface area is 535 Å². The molecule has 2 aliphatic heterocycles. The lowest BCUT2D eigenvalue weighted by Crippen LogP contribution is -2.49. The Morgan fingerprint density at radius 1 is 0.791 bits per heavy atom. The Kier molecular flexibility index (Phi) is 25.9. The molecule has 4 aromatic rings. The van der Waals surface area contributed by atoms with Crippen LogP contribution >= 0.6 is 0 Å². The Morgan fingerprint density at radius 2 is 1.53 bits per heavy atom. The lowest BCUT2D eigenvalue weighted by molar-refractivity contribution is -0.126. The van der Waals surface area contributed by atoms with Gasteiger partial charge in [-0.1, -0.05) is 85.8 Å². The topological polar surface area (TPSA) is 295 Å². The van der Waals surface area contributed by atoms with Crippen LogP contribution in [-0.2, 0) is 49.5 Å². The summed E-state index contributed by atoms with van der Waals surface area (Å²) in [6.07, 6.45) is 8.04. The maximum Gasteiger partial charge on any atom is 0.408 e. The summed E-state index contributed by atoms with van der Waals surface area (Å²) in [5.74, 6) is 4.82. The number of allylic oxidation sites excluding steroid dienone is 4. The predicted molar refractivity (Wildman–Crippen MR) is 350 cm³/mol. The number of nitrogens with one attached hydrogen (secondary N) is 5. The van der Waals surface area contributed by atoms with Crippen LogP contribution in [0.15, 0.2) is 131 Å². The normalized spacial score (nSPS) is 15.1. The third-order valence-electron chi connectivity index (χ3n) is 14.9. The number of carbonyl (C=O) groups excluding carboxylic acids is 5. The van der Waals surface area contributed by atoms with Crippen molar-refractivity contribution < 1.29 is 55.9 Å². The van der Waals surface area contributed by atoms with Gasteiger partial charge >= 0.3 is 6.09 Å². The quantitative estimate of drug-likeness (QED) is 0.00579. The highest BCUT2D eigenvalue weighted by Crippen LogP contribution is 2.49. The first kappa shape index (κ1) is 71.6. The second-order valence-corrected chi connectivity index (χ2v) is 26.6. The molecule has 5 amide bonds. The molecule has 0 bridgehead atoms. The van der Waals surface area contributed by atoms with E-state index < -0.39 is 51.3 Å². The van der Waals surface area contributed by atoms with Gasteiger partial charge < -0.3 is 55.0 Å². The molecule has 0 spiro atoms. The number of ether oxygens (including phenoxy) is 4. The minimum Gasteiger partial charge on any atom is -0.744 e. The molecule has 4 aromatic carbocycles. The van der Waals surface area contributed by atoms with Crippen molar-refractivity contribution in [3.8, 4) is 17.6 Å². The van der Waals surface area contributed by atoms with Gasteiger partial charge in [-0.25, -0.2) is 13.2 Å². The van der Waals surface area contributed by atoms with Gasteiger partial charge in [0.15, 0.2) is 11.9 Å². The molecule has 488 valence electrons. The van der Waals surface area contributed by atoms with Gasteiger partial charge in [-0.05, 0) is 141 Å². The summed E-state index contributed by atoms with van der Waals surface area (Å²) in [5.41, 5.74) is 14.3. The first-order chi connectivity index (χ1) is 43.1. The molecule has 0 fully saturated rings. The number of hydrogen-bond acceptors (Lipinski definition) is 14. The van der Waals surface area contributed by atoms with Gasteiger partial charge in [0.2, 0.25) is 29.1 Å². The van der Waals surface area contributed by atoms with E-state index >= 15 is 0 Å². The molecule has 2 aliphatic rings. The number of nitrogens with zero attached hydrogens (tertiary/aromatic N) is 5. The van der Waals surface area contributed by atoms with Crippen molar-refractivity contribution in [1.82, 2.24) is 31.2 Å². The average molecular weight is 1270 g/mol. The zero-order valence-corrected chi connectivity index (χ0v) is 54.8. The minimum absolute atomic E-state index is 0.00289. The number of azide groups is 1. The van der Waals surface area contributed by atoms with E-state index in [0.717, 1.165) is 46.9 Å². The number of para-hydroxylation sites is 2. The predicted octanol–water partition coefficient (Wildman–Crippen LogP) is 9.90. The van der Waals surface area contributed by atoms with Gasteiger partial charge in [-0.3, -0.25) is 19.2 Å². The van der Waals surface area contributed by atoms with E-state index in [9.17, 15) is 36.9 Å². The zero-order chi connectivity index (χ0) is 66.4. The molecular formula is C68H88N10O12S. The van der Waals surface area contributed by atoms with E-state index in [-0.39, 0.29) is 85.6 Å². The number of benzene rings is 4. The number of unbranched alkanes of at least 4 members (excludes halogenated alkanes) is 3. The number of alkyl carbamates (subject to hydrolysis) is 1. The second-order valence-electron chi connectivity index (χ2n) is 25.2. The van der Waals surface area contributed by atoms with Gasteiger partial charge in [0.05, 0.1) is 30.1 Å². The lowest BCUT2D eigenvalue weighted by Gasteiger charge is -2.27. The molecule has 5 N–H and O–H groups in total. The van der Waals surface area contributed by atoms with Crippen molar-refractivity contribution in [1.29, 1.82) is 0 Å². The highest BCUT2D eigenvalue weighted by atomic mass is 32.2. The lowest BCUT2D eigenvalue weighted by atomic mass is 9.81. The highest BCUT2D eigenvalue weighted by Gasteiger charge is 2.45. The van der Waals surface area contributed by atoms with Gasteiger partial charge in [0, 0.05) is 95.1 Å². The third kappa shape index (κ3) is 21.9. The Bertz CT molecular complexity index is 3540. The molecular weight excluding hydrogens is 1180 g/mol. The van der Waals surface area contributed by atoms with Crippen LogP contribution in [0.3, 0.4) is 0 Å². The monoisotopic (exact) mass is 1270 g/mol. The van der Waals surface area contributed by atoms with Crippen LogP contribution in [0.4, 0.5) is 21.9 Å². The summed E-state index contributed by atoms with van der Waals surface area (Å²) in [6, 6.07) is 28.5. The Morgan fingerprint density at radius 3 is 2.25 bits per heavy atom. The molecule has 2 unspecified atom stereocenters. The molecule has 22 nitrogen and oxygen atoms in total. The van der Waals surface area contributed by atoms with Gasteiger partial charge in [-0.2, -0.15) is 4.58 Å². The van der Waals surface area contributed by atoms with Crippen LogP contribution in [0.1, 0.15) is 136 Å². The van der Waals surface area contributed by atoms with Gasteiger partial charge in [0.25, 0.3) is 5.91 Å². The largest absolute Gasteiger partial charge is 0.744 e. The summed E-state index contributed by atoms with van der Waals surface area (Å²) < 4.78 is 61.1. The molecule has 2 atom stereocenters. The van der Waals surface area contributed by atoms with E-state index in [1.807, 2.05) is 58.9 Å². The van der Waals surface area contributed by atoms with Crippen LogP contribution in [0.5, 0.6) is 5.75 Å². The van der Waals surface area contributed by atoms with Crippen molar-refractivity contribution in [3.63, 3.8) is 0 Å². The number of carbonyl (C=O) groups is 5. The third-order valence-corrected chi connectivity index (χ3v) is 15.7. The van der Waals surface area contributed by atoms with Crippen LogP contribution in [0, 0.1) is 17.3 Å². The molecule has 0 radical (unpaired) electrons. The Hall–Kier alpha value is -8.52. The molecule has 0 aromatic heterocycles. The maximum atomic E-state index is 13.5. The highest BCUT2D eigenvalue weighted by molar-refractivity contribution is 7.85. The van der Waals surface area contributed by atoms with E-state index in [1.165, 1.54) is 23.8 Å². The van der Waals surface area contributed by atoms with E-state index in [1.54, 1.807) is 45.0 Å². The molecule has 91 heavy (non-hydrogen) atoms. The zero-order valence-electron chi connectivity index (χ0n) is 54.0. The maximum absolute atomic E-state index is 13.5. The Balaban J connectivity index is 0.943. The standard InChI is InChI=1S/C68H88N10O12S/c1-65(2,3)36-23-38-71-60(80)46-87-42-43-88-61(75-76-69)47-89-50-27-21-24-48(44-50)62(81)72-39-40-73-63(82)54(74-64(83)90-66(4,5)6)29-18-19-37-70-59(79)33-15-12-20-41-77-55-35-34-51(91(84,85)86)45-53(55)68(9,10)57(77)31-22-32-58-67(7,8)52-28-16-17-30-56(52)78(58)49-25-13-11-14-26-49/h11,13-14,16-17,21-22,24-28,30-32,34-35,44-45,54,61H,12,15,18-20,29,33,37-43,46-47H2,1-10H3,(H5-,70,71,72,73,74,79,80,81,82,83,84,85,86). The van der Waals surface area contributed by atoms with E-state index in [2.05, 4.69) is 120 Å². The van der Waals surface area contributed by atoms with Crippen molar-refractivity contribution in [2.45, 2.75) is 148 Å². The van der Waals surface area contributed by atoms with Crippen molar-refractivity contribution in [3.05, 3.63) is 148 Å². The number of amides is 5. The average Bonchev–Trinajstić information content (AvgIpc) is 1.60. The smallest absolute Gasteiger partial charge is 0.408 e. The van der Waals surface area contributed by atoms with Crippen LogP contribution in [0.2, 0.25) is 0 Å². The van der Waals surface area contributed by atoms with Crippen LogP contribution in [-0.4, -0.2) is 125 Å². The fourth-order valence-corrected chi connectivity index (χ4v) is 11.0. The van der Waals surface area contributed by atoms with Crippen molar-refractivity contribution in [2.24, 2.45) is 10.5 Å². The fourth-order valence-electron chi connectivity index (χ4n) is 10.5. The molecule has 23 heteroatoms. The van der Waals surface area contributed by atoms with Gasteiger partial charge in [0.1, 0.15) is 40.7 Å². The molecule has 0 aliphatic carbocycles. The number of anilines is 1. The summed E-state index contributed by atoms with van der Waals surface area (Å²) in [4.78, 5) is 69.2. The number of hydrogen-bond donors (Lipinski definition) is 5. The van der Waals surface area contributed by atoms with E-state index in [4.69, 9.17) is 24.5 Å². The van der Waals surface area contributed by atoms with E-state index in [0.29, 0.717) is 44.5 Å². The number of rotatable bonds is 32. The fraction of sp³-hybridized carbons (Fsp3) is 0.471. The van der Waals surface area contributed by atoms with Crippen LogP contribution < -0.4 is 40.8 Å². The summed E-state index contributed by atoms with van der Waals surface area (Å²) in [7, 11) is -4.71. The molecule has 6 rings (SSSR count). The van der Waals surface area contributed by atoms with Crippen LogP contribution in [0.25, 0.3) is 10.4 Å². The molecule has 0 saturated heterocycles. The van der Waals surface area contributed by atoms with Gasteiger partial charge in [-0.15, -0.1) is 0 Å². The molecule has 2 heterocycles. The number of fused-ring (bicyclic) bond motifs is 2. The minimum atomic E-state index is -4.71. The summed E-state index contributed by atoms with van der Waals surface area (Å²) in [6.45, 7) is 20.4. The summed E-state index contributed by atoms with van der Waals surface area (Å²) in [5, 5.41) is 17.4. The SMILES string of the molecule is CC(C)(C)C#CCNC(=O)COCCOC(COc1cccc(C(=O)NCCNC(=O)C(CCCCNC(=O)CCCCCN2/C(=C/C=C/C3=[N+](c4ccccc4)c4ccccc4C3(C)C)C(C)(C)c3cc(S(=O)(=O)[O-])ccc32)NC(=O)OC(C)(C)C)c1)N=[N+]=[N-]. The van der Waals surface area contributed by atoms with Crippen molar-refractivity contribution >= 4 is 62.6 Å². The second kappa shape index (κ2) is 33.0. The van der Waals surface area contributed by atoms with Crippen molar-refractivity contribution in [2.75, 3.05) is 64.1 Å². The summed E-state index contributed by atoms with van der Waals surface area (Å²) >= 11 is 0. The molecule has 0 saturated carbocycles. The first-order valence-electron chi connectivity index (χ1n) is 30.7. The first-order valence-corrected chi connectivity index (χ1v) is 32.1.